The Morgan fingerprint density at radius 2 is 2.14 bits per heavy atom. The molecule has 2 nitrogen and oxygen atoms in total. The van der Waals surface area contributed by atoms with Gasteiger partial charge in [0, 0.05) is 0 Å². The molecular weight excluding hydrogens is 176 g/mol. The van der Waals surface area contributed by atoms with Gasteiger partial charge < -0.3 is 4.74 Å². The molecule has 80 valence electrons. The largest absolute Gasteiger partial charge is 0.462 e. The Morgan fingerprint density at radius 3 is 2.71 bits per heavy atom. The quantitative estimate of drug-likeness (QED) is 0.510. The molecule has 0 radical (unpaired) electrons. The molecule has 1 aliphatic carbocycles. The average Bonchev–Trinajstić information content (AvgIpc) is 2.19. The Morgan fingerprint density at radius 1 is 1.50 bits per heavy atom. The number of rotatable bonds is 4. The van der Waals surface area contributed by atoms with Crippen molar-refractivity contribution in [3.63, 3.8) is 0 Å². The summed E-state index contributed by atoms with van der Waals surface area (Å²) in [5.74, 6) is -0.0915. The molecule has 0 saturated heterocycles. The van der Waals surface area contributed by atoms with Crippen LogP contribution in [0.1, 0.15) is 45.4 Å². The first-order valence-electron chi connectivity index (χ1n) is 5.55. The van der Waals surface area contributed by atoms with Crippen molar-refractivity contribution in [2.75, 3.05) is 0 Å². The van der Waals surface area contributed by atoms with Crippen LogP contribution in [0.4, 0.5) is 0 Å². The first-order chi connectivity index (χ1) is 6.74. The highest BCUT2D eigenvalue weighted by molar-refractivity contribution is 5.72. The Kier molecular flexibility index (Phi) is 4.71. The summed E-state index contributed by atoms with van der Waals surface area (Å²) in [5.41, 5.74) is 0. The highest BCUT2D eigenvalue weighted by Crippen LogP contribution is 2.21. The zero-order valence-electron chi connectivity index (χ0n) is 9.00. The molecule has 2 heteroatoms. The molecule has 1 fully saturated rings. The molecule has 0 spiro atoms. The standard InChI is InChI=1S/C12H20O2/c1-3-7-10(2)12(13)14-11-8-5-4-6-9-11/h3,10-11H,1,4-9H2,2H3/t10-/m0/s1. The summed E-state index contributed by atoms with van der Waals surface area (Å²) in [6.45, 7) is 5.52. The summed E-state index contributed by atoms with van der Waals surface area (Å²) in [7, 11) is 0. The predicted molar refractivity (Wildman–Crippen MR) is 56.9 cm³/mol. The Balaban J connectivity index is 2.27. The van der Waals surface area contributed by atoms with Gasteiger partial charge in [-0.25, -0.2) is 0 Å². The van der Waals surface area contributed by atoms with E-state index in [2.05, 4.69) is 6.58 Å². The van der Waals surface area contributed by atoms with Gasteiger partial charge in [-0.15, -0.1) is 6.58 Å². The molecular formula is C12H20O2. The molecule has 1 saturated carbocycles. The number of allylic oxidation sites excluding steroid dienone is 1. The lowest BCUT2D eigenvalue weighted by molar-refractivity contribution is -0.154. The van der Waals surface area contributed by atoms with Crippen LogP contribution in [0.15, 0.2) is 12.7 Å². The van der Waals surface area contributed by atoms with E-state index in [1.165, 1.54) is 19.3 Å². The number of ether oxygens (including phenoxy) is 1. The van der Waals surface area contributed by atoms with E-state index < -0.39 is 0 Å². The smallest absolute Gasteiger partial charge is 0.309 e. The maximum atomic E-state index is 11.5. The maximum absolute atomic E-state index is 11.5. The second kappa shape index (κ2) is 5.84. The van der Waals surface area contributed by atoms with Crippen LogP contribution in [0.25, 0.3) is 0 Å². The van der Waals surface area contributed by atoms with Crippen molar-refractivity contribution in [3.05, 3.63) is 12.7 Å². The second-order valence-electron chi connectivity index (χ2n) is 4.12. The summed E-state index contributed by atoms with van der Waals surface area (Å²) < 4.78 is 5.42. The number of esters is 1. The van der Waals surface area contributed by atoms with Gasteiger partial charge in [0.2, 0.25) is 0 Å². The lowest BCUT2D eigenvalue weighted by Gasteiger charge is -2.23. The van der Waals surface area contributed by atoms with E-state index >= 15 is 0 Å². The fraction of sp³-hybridized carbons (Fsp3) is 0.750. The molecule has 0 aromatic heterocycles. The summed E-state index contributed by atoms with van der Waals surface area (Å²) in [6.07, 6.45) is 8.46. The molecule has 0 heterocycles. The monoisotopic (exact) mass is 196 g/mol. The second-order valence-corrected chi connectivity index (χ2v) is 4.12. The van der Waals surface area contributed by atoms with Crippen LogP contribution in [0.2, 0.25) is 0 Å². The molecule has 0 amide bonds. The fourth-order valence-corrected chi connectivity index (χ4v) is 1.81. The van der Waals surface area contributed by atoms with Crippen LogP contribution >= 0.6 is 0 Å². The van der Waals surface area contributed by atoms with E-state index in [1.54, 1.807) is 6.08 Å². The van der Waals surface area contributed by atoms with Crippen molar-refractivity contribution in [1.29, 1.82) is 0 Å². The maximum Gasteiger partial charge on any atom is 0.309 e. The van der Waals surface area contributed by atoms with Gasteiger partial charge in [0.15, 0.2) is 0 Å². The molecule has 0 N–H and O–H groups in total. The third kappa shape index (κ3) is 3.52. The van der Waals surface area contributed by atoms with E-state index in [-0.39, 0.29) is 18.0 Å². The van der Waals surface area contributed by atoms with Crippen molar-refractivity contribution < 1.29 is 9.53 Å². The fourth-order valence-electron chi connectivity index (χ4n) is 1.81. The molecule has 0 bridgehead atoms. The van der Waals surface area contributed by atoms with Crippen molar-refractivity contribution >= 4 is 5.97 Å². The molecule has 1 rings (SSSR count). The van der Waals surface area contributed by atoms with Gasteiger partial charge >= 0.3 is 5.97 Å². The van der Waals surface area contributed by atoms with Crippen LogP contribution < -0.4 is 0 Å². The van der Waals surface area contributed by atoms with Crippen molar-refractivity contribution in [3.8, 4) is 0 Å². The zero-order valence-corrected chi connectivity index (χ0v) is 9.00. The van der Waals surface area contributed by atoms with Gasteiger partial charge in [-0.05, 0) is 32.1 Å². The number of carbonyl (C=O) groups excluding carboxylic acids is 1. The van der Waals surface area contributed by atoms with Crippen molar-refractivity contribution in [2.45, 2.75) is 51.6 Å². The van der Waals surface area contributed by atoms with E-state index in [1.807, 2.05) is 6.92 Å². The molecule has 0 aliphatic heterocycles. The molecule has 0 aromatic rings. The third-order valence-corrected chi connectivity index (χ3v) is 2.76. The van der Waals surface area contributed by atoms with E-state index in [0.717, 1.165) is 12.8 Å². The number of carbonyl (C=O) groups is 1. The lowest BCUT2D eigenvalue weighted by atomic mass is 9.97. The van der Waals surface area contributed by atoms with Gasteiger partial charge in [-0.2, -0.15) is 0 Å². The molecule has 1 atom stereocenters. The first-order valence-corrected chi connectivity index (χ1v) is 5.55. The molecule has 0 aromatic carbocycles. The SMILES string of the molecule is C=CC[C@H](C)C(=O)OC1CCCCC1. The van der Waals surface area contributed by atoms with E-state index in [4.69, 9.17) is 4.74 Å². The van der Waals surface area contributed by atoms with Crippen molar-refractivity contribution in [2.24, 2.45) is 5.92 Å². The average molecular weight is 196 g/mol. The number of hydrogen-bond acceptors (Lipinski definition) is 2. The third-order valence-electron chi connectivity index (χ3n) is 2.76. The lowest BCUT2D eigenvalue weighted by Crippen LogP contribution is -2.24. The van der Waals surface area contributed by atoms with Gasteiger partial charge in [-0.3, -0.25) is 4.79 Å². The Bertz CT molecular complexity index is 192. The minimum absolute atomic E-state index is 0.0329. The van der Waals surface area contributed by atoms with Crippen LogP contribution in [0.5, 0.6) is 0 Å². The highest BCUT2D eigenvalue weighted by Gasteiger charge is 2.20. The summed E-state index contributed by atoms with van der Waals surface area (Å²) in [6, 6.07) is 0. The number of hydrogen-bond donors (Lipinski definition) is 0. The summed E-state index contributed by atoms with van der Waals surface area (Å²) >= 11 is 0. The van der Waals surface area contributed by atoms with Gasteiger partial charge in [0.25, 0.3) is 0 Å². The van der Waals surface area contributed by atoms with Crippen LogP contribution in [0.3, 0.4) is 0 Å². The zero-order chi connectivity index (χ0) is 10.4. The first kappa shape index (κ1) is 11.3. The normalized spacial score (nSPS) is 20.1. The van der Waals surface area contributed by atoms with Crippen LogP contribution in [-0.4, -0.2) is 12.1 Å². The molecule has 14 heavy (non-hydrogen) atoms. The van der Waals surface area contributed by atoms with Crippen LogP contribution in [0, 0.1) is 5.92 Å². The molecule has 0 unspecified atom stereocenters. The highest BCUT2D eigenvalue weighted by atomic mass is 16.5. The van der Waals surface area contributed by atoms with E-state index in [0.29, 0.717) is 6.42 Å². The minimum atomic E-state index is -0.0585. The van der Waals surface area contributed by atoms with Gasteiger partial charge in [0.05, 0.1) is 5.92 Å². The van der Waals surface area contributed by atoms with E-state index in [9.17, 15) is 4.79 Å². The summed E-state index contributed by atoms with van der Waals surface area (Å²) in [5, 5.41) is 0. The molecule has 1 aliphatic rings. The van der Waals surface area contributed by atoms with Gasteiger partial charge in [0.1, 0.15) is 6.10 Å². The minimum Gasteiger partial charge on any atom is -0.462 e. The van der Waals surface area contributed by atoms with Gasteiger partial charge in [-0.1, -0.05) is 19.4 Å². The Hall–Kier alpha value is -0.790. The predicted octanol–water partition coefficient (Wildman–Crippen LogP) is 3.07. The van der Waals surface area contributed by atoms with Crippen LogP contribution in [-0.2, 0) is 9.53 Å². The topological polar surface area (TPSA) is 26.3 Å². The summed E-state index contributed by atoms with van der Waals surface area (Å²) in [4.78, 5) is 11.5. The van der Waals surface area contributed by atoms with Crippen molar-refractivity contribution in [1.82, 2.24) is 0 Å². The Labute approximate surface area is 86.3 Å².